The van der Waals surface area contributed by atoms with Gasteiger partial charge in [-0.25, -0.2) is 0 Å². The van der Waals surface area contributed by atoms with Crippen LogP contribution in [0.15, 0.2) is 0 Å². The van der Waals surface area contributed by atoms with E-state index in [4.69, 9.17) is 27.9 Å². The maximum atomic E-state index is 5.63. The van der Waals surface area contributed by atoms with Crippen LogP contribution >= 0.6 is 23.2 Å². The van der Waals surface area contributed by atoms with Gasteiger partial charge in [0.1, 0.15) is 0 Å². The molecule has 0 aliphatic carbocycles. The van der Waals surface area contributed by atoms with Crippen LogP contribution in [-0.2, 0) is 4.74 Å². The number of aromatic nitrogens is 3. The molecular weight excluding hydrogens is 239 g/mol. The summed E-state index contributed by atoms with van der Waals surface area (Å²) in [6, 6.07) is 0. The molecule has 15 heavy (non-hydrogen) atoms. The fraction of sp³-hybridized carbons (Fsp3) is 0.625. The van der Waals surface area contributed by atoms with Crippen LogP contribution in [0.1, 0.15) is 12.8 Å². The standard InChI is InChI=1S/C8H10Cl2N4O/c9-6-12-7(10)14-8(13-6)11-4-5-2-1-3-15-5/h5H,1-4H2,(H,11,12,13,14). The number of hydrogen-bond acceptors (Lipinski definition) is 5. The Morgan fingerprint density at radius 2 is 2.00 bits per heavy atom. The number of nitrogens with zero attached hydrogens (tertiary/aromatic N) is 3. The first-order valence-corrected chi connectivity index (χ1v) is 5.42. The molecule has 2 rings (SSSR count). The Morgan fingerprint density at radius 1 is 1.27 bits per heavy atom. The Hall–Kier alpha value is -0.650. The third kappa shape index (κ3) is 3.15. The molecule has 1 aromatic rings. The molecule has 5 nitrogen and oxygen atoms in total. The van der Waals surface area contributed by atoms with Crippen molar-refractivity contribution in [2.75, 3.05) is 18.5 Å². The van der Waals surface area contributed by atoms with Gasteiger partial charge in [-0.1, -0.05) is 0 Å². The van der Waals surface area contributed by atoms with E-state index < -0.39 is 0 Å². The summed E-state index contributed by atoms with van der Waals surface area (Å²) >= 11 is 11.3. The quantitative estimate of drug-likeness (QED) is 0.884. The molecule has 1 N–H and O–H groups in total. The van der Waals surface area contributed by atoms with Crippen LogP contribution in [0.5, 0.6) is 0 Å². The summed E-state index contributed by atoms with van der Waals surface area (Å²) < 4.78 is 5.44. The molecule has 7 heteroatoms. The zero-order chi connectivity index (χ0) is 10.7. The fourth-order valence-electron chi connectivity index (χ4n) is 1.42. The van der Waals surface area contributed by atoms with Crippen molar-refractivity contribution in [3.05, 3.63) is 10.6 Å². The van der Waals surface area contributed by atoms with Crippen LogP contribution in [0, 0.1) is 0 Å². The summed E-state index contributed by atoms with van der Waals surface area (Å²) in [5, 5.41) is 3.19. The fourth-order valence-corrected chi connectivity index (χ4v) is 1.78. The third-order valence-corrected chi connectivity index (χ3v) is 2.43. The second kappa shape index (κ2) is 4.92. The number of rotatable bonds is 3. The van der Waals surface area contributed by atoms with Gasteiger partial charge in [0.05, 0.1) is 6.10 Å². The lowest BCUT2D eigenvalue weighted by Crippen LogP contribution is -2.19. The Kier molecular flexibility index (Phi) is 3.56. The lowest BCUT2D eigenvalue weighted by atomic mass is 10.2. The molecule has 1 aliphatic rings. The van der Waals surface area contributed by atoms with E-state index in [-0.39, 0.29) is 16.7 Å². The molecule has 1 aliphatic heterocycles. The van der Waals surface area contributed by atoms with E-state index >= 15 is 0 Å². The molecule has 0 radical (unpaired) electrons. The molecule has 82 valence electrons. The van der Waals surface area contributed by atoms with E-state index in [0.717, 1.165) is 19.4 Å². The van der Waals surface area contributed by atoms with Gasteiger partial charge in [-0.15, -0.1) is 0 Å². The molecule has 1 saturated heterocycles. The molecule has 0 bridgehead atoms. The van der Waals surface area contributed by atoms with Crippen molar-refractivity contribution in [2.45, 2.75) is 18.9 Å². The molecular formula is C8H10Cl2N4O. The molecule has 1 atom stereocenters. The van der Waals surface area contributed by atoms with Crippen molar-refractivity contribution in [2.24, 2.45) is 0 Å². The summed E-state index contributed by atoms with van der Waals surface area (Å²) in [6.45, 7) is 1.49. The SMILES string of the molecule is Clc1nc(Cl)nc(NCC2CCCO2)n1. The summed E-state index contributed by atoms with van der Waals surface area (Å²) in [7, 11) is 0. The Balaban J connectivity index is 1.92. The largest absolute Gasteiger partial charge is 0.376 e. The van der Waals surface area contributed by atoms with E-state index in [2.05, 4.69) is 20.3 Å². The number of hydrogen-bond donors (Lipinski definition) is 1. The van der Waals surface area contributed by atoms with Crippen LogP contribution in [0.25, 0.3) is 0 Å². The number of ether oxygens (including phenoxy) is 1. The lowest BCUT2D eigenvalue weighted by molar-refractivity contribution is 0.120. The van der Waals surface area contributed by atoms with E-state index in [1.165, 1.54) is 0 Å². The molecule has 1 aromatic heterocycles. The highest BCUT2D eigenvalue weighted by molar-refractivity contribution is 6.31. The van der Waals surface area contributed by atoms with Gasteiger partial charge >= 0.3 is 0 Å². The monoisotopic (exact) mass is 248 g/mol. The van der Waals surface area contributed by atoms with Crippen molar-refractivity contribution in [3.63, 3.8) is 0 Å². The highest BCUT2D eigenvalue weighted by atomic mass is 35.5. The van der Waals surface area contributed by atoms with Gasteiger partial charge in [-0.3, -0.25) is 0 Å². The van der Waals surface area contributed by atoms with Gasteiger partial charge in [-0.2, -0.15) is 15.0 Å². The van der Waals surface area contributed by atoms with E-state index in [0.29, 0.717) is 12.5 Å². The average Bonchev–Trinajstić information content (AvgIpc) is 2.65. The van der Waals surface area contributed by atoms with Crippen molar-refractivity contribution >= 4 is 29.2 Å². The van der Waals surface area contributed by atoms with Gasteiger partial charge in [-0.05, 0) is 36.0 Å². The molecule has 0 saturated carbocycles. The third-order valence-electron chi connectivity index (χ3n) is 2.09. The van der Waals surface area contributed by atoms with E-state index in [9.17, 15) is 0 Å². The second-order valence-electron chi connectivity index (χ2n) is 3.21. The van der Waals surface area contributed by atoms with E-state index in [1.807, 2.05) is 0 Å². The summed E-state index contributed by atoms with van der Waals surface area (Å²) in [4.78, 5) is 11.4. The highest BCUT2D eigenvalue weighted by Gasteiger charge is 2.15. The van der Waals surface area contributed by atoms with Crippen LogP contribution in [0.3, 0.4) is 0 Å². The first kappa shape index (κ1) is 10.9. The molecule has 2 heterocycles. The predicted molar refractivity (Wildman–Crippen MR) is 57.3 cm³/mol. The van der Waals surface area contributed by atoms with Gasteiger partial charge in [0, 0.05) is 13.2 Å². The zero-order valence-electron chi connectivity index (χ0n) is 7.91. The van der Waals surface area contributed by atoms with Crippen molar-refractivity contribution in [3.8, 4) is 0 Å². The molecule has 1 unspecified atom stereocenters. The Bertz CT molecular complexity index is 323. The van der Waals surface area contributed by atoms with Crippen LogP contribution in [0.4, 0.5) is 5.95 Å². The lowest BCUT2D eigenvalue weighted by Gasteiger charge is -2.10. The predicted octanol–water partition coefficient (Wildman–Crippen LogP) is 1.77. The molecule has 0 amide bonds. The zero-order valence-corrected chi connectivity index (χ0v) is 9.42. The maximum Gasteiger partial charge on any atom is 0.228 e. The van der Waals surface area contributed by atoms with Gasteiger partial charge in [0.2, 0.25) is 16.5 Å². The molecule has 0 spiro atoms. The number of nitrogens with one attached hydrogen (secondary N) is 1. The average molecular weight is 249 g/mol. The Morgan fingerprint density at radius 3 is 2.60 bits per heavy atom. The maximum absolute atomic E-state index is 5.63. The first-order chi connectivity index (χ1) is 7.24. The summed E-state index contributed by atoms with van der Waals surface area (Å²) in [5.74, 6) is 0.385. The summed E-state index contributed by atoms with van der Waals surface area (Å²) in [5.41, 5.74) is 0. The second-order valence-corrected chi connectivity index (χ2v) is 3.89. The summed E-state index contributed by atoms with van der Waals surface area (Å²) in [6.07, 6.45) is 2.38. The normalized spacial score (nSPS) is 20.5. The van der Waals surface area contributed by atoms with Crippen molar-refractivity contribution in [1.82, 2.24) is 15.0 Å². The van der Waals surface area contributed by atoms with E-state index in [1.54, 1.807) is 0 Å². The van der Waals surface area contributed by atoms with Gasteiger partial charge in [0.25, 0.3) is 0 Å². The minimum atomic E-state index is 0.0878. The highest BCUT2D eigenvalue weighted by Crippen LogP contribution is 2.13. The first-order valence-electron chi connectivity index (χ1n) is 4.66. The van der Waals surface area contributed by atoms with Gasteiger partial charge < -0.3 is 10.1 Å². The Labute approximate surface area is 97.2 Å². The number of halogens is 2. The minimum Gasteiger partial charge on any atom is -0.376 e. The van der Waals surface area contributed by atoms with Gasteiger partial charge in [0.15, 0.2) is 0 Å². The number of anilines is 1. The van der Waals surface area contributed by atoms with Crippen molar-refractivity contribution in [1.29, 1.82) is 0 Å². The topological polar surface area (TPSA) is 59.9 Å². The van der Waals surface area contributed by atoms with Crippen LogP contribution in [-0.4, -0.2) is 34.2 Å². The van der Waals surface area contributed by atoms with Crippen LogP contribution in [0.2, 0.25) is 10.6 Å². The van der Waals surface area contributed by atoms with Crippen molar-refractivity contribution < 1.29 is 4.74 Å². The minimum absolute atomic E-state index is 0.0878. The smallest absolute Gasteiger partial charge is 0.228 e. The molecule has 0 aromatic carbocycles. The molecule has 1 fully saturated rings. The van der Waals surface area contributed by atoms with Crippen LogP contribution < -0.4 is 5.32 Å².